The zero-order chi connectivity index (χ0) is 12.4. The molecule has 0 aliphatic heterocycles. The van der Waals surface area contributed by atoms with Gasteiger partial charge >= 0.3 is 0 Å². The van der Waals surface area contributed by atoms with Gasteiger partial charge in [0.15, 0.2) is 0 Å². The van der Waals surface area contributed by atoms with E-state index in [0.29, 0.717) is 0 Å². The molecule has 0 bridgehead atoms. The monoisotopic (exact) mass is 258 g/mol. The fraction of sp³-hybridized carbons (Fsp3) is 0.833. The van der Waals surface area contributed by atoms with E-state index in [-0.39, 0.29) is 0 Å². The van der Waals surface area contributed by atoms with Crippen LogP contribution in [-0.2, 0) is 8.85 Å². The average molecular weight is 259 g/mol. The Bertz CT molecular complexity index is 244. The molecule has 0 atom stereocenters. The van der Waals surface area contributed by atoms with Crippen molar-refractivity contribution in [2.75, 3.05) is 0 Å². The molecule has 0 aromatic rings. The van der Waals surface area contributed by atoms with Crippen molar-refractivity contribution in [2.45, 2.75) is 65.0 Å². The van der Waals surface area contributed by atoms with Crippen LogP contribution in [0.3, 0.4) is 0 Å². The van der Waals surface area contributed by atoms with E-state index in [1.165, 1.54) is 12.8 Å². The Morgan fingerprint density at radius 1 is 0.688 bits per heavy atom. The van der Waals surface area contributed by atoms with Gasteiger partial charge in [0.05, 0.1) is 0 Å². The third-order valence-corrected chi connectivity index (χ3v) is 3.94. The molecule has 0 saturated heterocycles. The molecule has 94 valence electrons. The molecule has 0 aromatic heterocycles. The van der Waals surface area contributed by atoms with Gasteiger partial charge in [0.25, 0.3) is 0 Å². The third-order valence-electron chi connectivity index (χ3n) is 2.23. The molecule has 0 unspecified atom stereocenters. The summed E-state index contributed by atoms with van der Waals surface area (Å²) >= 11 is 0. The lowest BCUT2D eigenvalue weighted by molar-refractivity contribution is 0.291. The van der Waals surface area contributed by atoms with Crippen LogP contribution in [0.1, 0.15) is 25.7 Å². The summed E-state index contributed by atoms with van der Waals surface area (Å²) in [6.45, 7) is 13.4. The Hall–Kier alpha value is -0.226. The van der Waals surface area contributed by atoms with Crippen LogP contribution in [0.2, 0.25) is 39.3 Å². The van der Waals surface area contributed by atoms with Gasteiger partial charge in [-0.15, -0.1) is 0 Å². The first kappa shape index (κ1) is 13.8. The number of rotatable bonds is 4. The minimum atomic E-state index is -1.48. The standard InChI is InChI=1S/C12H26O2Si2/c1-15(2,3)13-11-9-7-8-10-12(11)14-16(4,5)6/h7-10H2,1-6H3. The lowest BCUT2D eigenvalue weighted by Crippen LogP contribution is -2.30. The first-order valence-electron chi connectivity index (χ1n) is 6.27. The zero-order valence-corrected chi connectivity index (χ0v) is 13.6. The van der Waals surface area contributed by atoms with Gasteiger partial charge in [-0.05, 0) is 52.1 Å². The van der Waals surface area contributed by atoms with Crippen LogP contribution in [-0.4, -0.2) is 16.6 Å². The molecule has 4 heteroatoms. The summed E-state index contributed by atoms with van der Waals surface area (Å²) in [5.74, 6) is 2.32. The van der Waals surface area contributed by atoms with Crippen molar-refractivity contribution in [1.29, 1.82) is 0 Å². The van der Waals surface area contributed by atoms with Crippen molar-refractivity contribution in [2.24, 2.45) is 0 Å². The van der Waals surface area contributed by atoms with Crippen molar-refractivity contribution in [3.63, 3.8) is 0 Å². The summed E-state index contributed by atoms with van der Waals surface area (Å²) in [4.78, 5) is 0. The molecule has 1 aliphatic rings. The maximum atomic E-state index is 6.15. The highest BCUT2D eigenvalue weighted by molar-refractivity contribution is 6.70. The number of hydrogen-bond acceptors (Lipinski definition) is 2. The predicted molar refractivity (Wildman–Crippen MR) is 74.4 cm³/mol. The highest BCUT2D eigenvalue weighted by Gasteiger charge is 2.26. The van der Waals surface area contributed by atoms with Gasteiger partial charge in [-0.2, -0.15) is 0 Å². The molecule has 2 nitrogen and oxygen atoms in total. The van der Waals surface area contributed by atoms with E-state index in [1.54, 1.807) is 0 Å². The molecule has 1 aliphatic carbocycles. The summed E-state index contributed by atoms with van der Waals surface area (Å²) < 4.78 is 12.3. The topological polar surface area (TPSA) is 18.5 Å². The highest BCUT2D eigenvalue weighted by Crippen LogP contribution is 2.30. The first-order chi connectivity index (χ1) is 7.17. The van der Waals surface area contributed by atoms with Crippen LogP contribution in [0.5, 0.6) is 0 Å². The predicted octanol–water partition coefficient (Wildman–Crippen LogP) is 4.48. The second kappa shape index (κ2) is 4.96. The van der Waals surface area contributed by atoms with Crippen LogP contribution in [0.25, 0.3) is 0 Å². The Balaban J connectivity index is 2.79. The van der Waals surface area contributed by atoms with Gasteiger partial charge in [0.1, 0.15) is 11.5 Å². The Kier molecular flexibility index (Phi) is 4.29. The van der Waals surface area contributed by atoms with Crippen LogP contribution in [0.4, 0.5) is 0 Å². The fourth-order valence-corrected chi connectivity index (χ4v) is 3.72. The second-order valence-corrected chi connectivity index (χ2v) is 15.3. The van der Waals surface area contributed by atoms with E-state index >= 15 is 0 Å². The van der Waals surface area contributed by atoms with Gasteiger partial charge in [0, 0.05) is 12.8 Å². The zero-order valence-electron chi connectivity index (χ0n) is 11.6. The molecular formula is C12H26O2Si2. The molecule has 0 radical (unpaired) electrons. The maximum absolute atomic E-state index is 6.15. The van der Waals surface area contributed by atoms with Crippen molar-refractivity contribution in [1.82, 2.24) is 0 Å². The van der Waals surface area contributed by atoms with Crippen LogP contribution >= 0.6 is 0 Å². The average Bonchev–Trinajstić information content (AvgIpc) is 2.03. The quantitative estimate of drug-likeness (QED) is 0.692. The Morgan fingerprint density at radius 2 is 1.00 bits per heavy atom. The SMILES string of the molecule is C[Si](C)(C)OC1=C(O[Si](C)(C)C)CCCC1. The molecule has 0 spiro atoms. The van der Waals surface area contributed by atoms with Crippen molar-refractivity contribution in [3.05, 3.63) is 11.5 Å². The van der Waals surface area contributed by atoms with Gasteiger partial charge in [0.2, 0.25) is 16.6 Å². The van der Waals surface area contributed by atoms with Crippen molar-refractivity contribution >= 4 is 16.6 Å². The largest absolute Gasteiger partial charge is 0.545 e. The van der Waals surface area contributed by atoms with E-state index in [2.05, 4.69) is 39.3 Å². The van der Waals surface area contributed by atoms with Crippen LogP contribution in [0.15, 0.2) is 11.5 Å². The lowest BCUT2D eigenvalue weighted by atomic mass is 10.1. The van der Waals surface area contributed by atoms with Gasteiger partial charge in [-0.1, -0.05) is 0 Å². The summed E-state index contributed by atoms with van der Waals surface area (Å²) in [7, 11) is -2.97. The molecule has 0 amide bonds. The van der Waals surface area contributed by atoms with E-state index < -0.39 is 16.6 Å². The summed E-state index contributed by atoms with van der Waals surface area (Å²) in [6.07, 6.45) is 4.64. The smallest absolute Gasteiger partial charge is 0.241 e. The van der Waals surface area contributed by atoms with E-state index in [4.69, 9.17) is 8.85 Å². The van der Waals surface area contributed by atoms with Crippen molar-refractivity contribution in [3.8, 4) is 0 Å². The Labute approximate surface area is 102 Å². The molecule has 0 fully saturated rings. The first-order valence-corrected chi connectivity index (χ1v) is 13.1. The van der Waals surface area contributed by atoms with Crippen molar-refractivity contribution < 1.29 is 8.85 Å². The summed E-state index contributed by atoms with van der Waals surface area (Å²) in [6, 6.07) is 0. The summed E-state index contributed by atoms with van der Waals surface area (Å²) in [5.41, 5.74) is 0. The fourth-order valence-electron chi connectivity index (χ4n) is 1.81. The molecule has 16 heavy (non-hydrogen) atoms. The second-order valence-electron chi connectivity index (χ2n) is 6.48. The molecule has 0 N–H and O–H groups in total. The minimum absolute atomic E-state index is 1.07. The van der Waals surface area contributed by atoms with Gasteiger partial charge in [-0.25, -0.2) is 0 Å². The van der Waals surface area contributed by atoms with Crippen LogP contribution < -0.4 is 0 Å². The van der Waals surface area contributed by atoms with Gasteiger partial charge in [-0.3, -0.25) is 0 Å². The normalized spacial score (nSPS) is 18.6. The number of hydrogen-bond donors (Lipinski definition) is 0. The molecule has 0 saturated carbocycles. The minimum Gasteiger partial charge on any atom is -0.545 e. The van der Waals surface area contributed by atoms with Crippen LogP contribution in [0, 0.1) is 0 Å². The molecule has 0 heterocycles. The highest BCUT2D eigenvalue weighted by atomic mass is 28.4. The van der Waals surface area contributed by atoms with E-state index in [9.17, 15) is 0 Å². The van der Waals surface area contributed by atoms with E-state index in [0.717, 1.165) is 24.4 Å². The summed E-state index contributed by atoms with van der Waals surface area (Å²) in [5, 5.41) is 0. The lowest BCUT2D eigenvalue weighted by Gasteiger charge is -2.30. The molecule has 0 aromatic carbocycles. The Morgan fingerprint density at radius 3 is 1.25 bits per heavy atom. The molecular weight excluding hydrogens is 232 g/mol. The third kappa shape index (κ3) is 5.21. The maximum Gasteiger partial charge on any atom is 0.241 e. The number of allylic oxidation sites excluding steroid dienone is 2. The van der Waals surface area contributed by atoms with Gasteiger partial charge < -0.3 is 8.85 Å². The molecule has 1 rings (SSSR count). The van der Waals surface area contributed by atoms with E-state index in [1.807, 2.05) is 0 Å².